The number of rotatable bonds is 5. The van der Waals surface area contributed by atoms with Crippen LogP contribution >= 0.6 is 0 Å². The maximum atomic E-state index is 14.2. The third-order valence-corrected chi connectivity index (χ3v) is 3.02. The number of nitrogens with one attached hydrogen (secondary N) is 1. The molecule has 1 aliphatic rings. The number of nitrogens with zero attached hydrogens (tertiary/aromatic N) is 1. The van der Waals surface area contributed by atoms with Crippen molar-refractivity contribution in [2.24, 2.45) is 0 Å². The monoisotopic (exact) mass is 284 g/mol. The van der Waals surface area contributed by atoms with Crippen molar-refractivity contribution in [2.75, 3.05) is 25.6 Å². The maximum Gasteiger partial charge on any atom is 0.340 e. The quantitative estimate of drug-likeness (QED) is 0.503. The number of ether oxygens (including phenoxy) is 2. The molecule has 20 heavy (non-hydrogen) atoms. The average Bonchev–Trinajstić information content (AvgIpc) is 2.37. The van der Waals surface area contributed by atoms with Crippen LogP contribution in [0.15, 0.2) is 12.1 Å². The van der Waals surface area contributed by atoms with Crippen molar-refractivity contribution in [2.45, 2.75) is 12.5 Å². The SMILES string of the molecule is COC(=O)c1ccc([N+](=O)[O-])c(NCC2CCO2)c1F. The summed E-state index contributed by atoms with van der Waals surface area (Å²) >= 11 is 0. The van der Waals surface area contributed by atoms with Crippen LogP contribution in [0.4, 0.5) is 15.8 Å². The summed E-state index contributed by atoms with van der Waals surface area (Å²) in [4.78, 5) is 21.6. The molecule has 108 valence electrons. The van der Waals surface area contributed by atoms with Crippen molar-refractivity contribution in [3.8, 4) is 0 Å². The van der Waals surface area contributed by atoms with E-state index >= 15 is 0 Å². The molecule has 1 fully saturated rings. The molecule has 8 heteroatoms. The number of methoxy groups -OCH3 is 1. The number of hydrogen-bond acceptors (Lipinski definition) is 6. The first-order valence-electron chi connectivity index (χ1n) is 5.95. The molecule has 2 rings (SSSR count). The third-order valence-electron chi connectivity index (χ3n) is 3.02. The topological polar surface area (TPSA) is 90.7 Å². The van der Waals surface area contributed by atoms with E-state index in [1.165, 1.54) is 0 Å². The number of halogens is 1. The van der Waals surface area contributed by atoms with Crippen molar-refractivity contribution in [3.63, 3.8) is 0 Å². The van der Waals surface area contributed by atoms with Gasteiger partial charge in [-0.2, -0.15) is 0 Å². The summed E-state index contributed by atoms with van der Waals surface area (Å²) < 4.78 is 23.8. The van der Waals surface area contributed by atoms with E-state index in [2.05, 4.69) is 10.1 Å². The lowest BCUT2D eigenvalue weighted by atomic mass is 10.1. The standard InChI is InChI=1S/C12H13FN2O5/c1-19-12(16)8-2-3-9(15(17)18)11(10(8)13)14-6-7-4-5-20-7/h2-3,7,14H,4-6H2,1H3. The van der Waals surface area contributed by atoms with Gasteiger partial charge in [-0.25, -0.2) is 9.18 Å². The number of hydrogen-bond donors (Lipinski definition) is 1. The Morgan fingerprint density at radius 2 is 2.35 bits per heavy atom. The van der Waals surface area contributed by atoms with Crippen LogP contribution in [0, 0.1) is 15.9 Å². The summed E-state index contributed by atoms with van der Waals surface area (Å²) in [5.41, 5.74) is -1.11. The van der Waals surface area contributed by atoms with Gasteiger partial charge in [-0.05, 0) is 12.5 Å². The van der Waals surface area contributed by atoms with Gasteiger partial charge >= 0.3 is 5.97 Å². The Bertz CT molecular complexity index is 545. The lowest BCUT2D eigenvalue weighted by Crippen LogP contribution is -2.33. The Balaban J connectivity index is 2.32. The van der Waals surface area contributed by atoms with Gasteiger partial charge in [0.15, 0.2) is 11.5 Å². The second kappa shape index (κ2) is 5.83. The van der Waals surface area contributed by atoms with Crippen LogP contribution in [0.5, 0.6) is 0 Å². The Morgan fingerprint density at radius 1 is 1.65 bits per heavy atom. The van der Waals surface area contributed by atoms with Crippen LogP contribution in [-0.2, 0) is 9.47 Å². The van der Waals surface area contributed by atoms with Crippen molar-refractivity contribution >= 4 is 17.3 Å². The lowest BCUT2D eigenvalue weighted by Gasteiger charge is -2.26. The van der Waals surface area contributed by atoms with Crippen LogP contribution in [0.25, 0.3) is 0 Å². The van der Waals surface area contributed by atoms with Gasteiger partial charge in [-0.15, -0.1) is 0 Å². The van der Waals surface area contributed by atoms with E-state index in [9.17, 15) is 19.3 Å². The first-order valence-corrected chi connectivity index (χ1v) is 5.95. The van der Waals surface area contributed by atoms with Crippen molar-refractivity contribution in [3.05, 3.63) is 33.6 Å². The molecular weight excluding hydrogens is 271 g/mol. The predicted molar refractivity (Wildman–Crippen MR) is 67.2 cm³/mol. The number of benzene rings is 1. The molecule has 0 amide bonds. The summed E-state index contributed by atoms with van der Waals surface area (Å²) in [5, 5.41) is 13.5. The minimum atomic E-state index is -0.995. The van der Waals surface area contributed by atoms with E-state index < -0.39 is 22.4 Å². The lowest BCUT2D eigenvalue weighted by molar-refractivity contribution is -0.384. The zero-order valence-electron chi connectivity index (χ0n) is 10.7. The number of esters is 1. The molecule has 0 spiro atoms. The molecule has 1 aromatic rings. The summed E-state index contributed by atoms with van der Waals surface area (Å²) in [6.07, 6.45) is 0.704. The summed E-state index contributed by atoms with van der Waals surface area (Å²) in [6, 6.07) is 2.10. The van der Waals surface area contributed by atoms with Crippen LogP contribution in [0.1, 0.15) is 16.8 Å². The molecule has 0 saturated carbocycles. The number of nitro benzene ring substituents is 1. The molecule has 1 N–H and O–H groups in total. The molecule has 1 atom stereocenters. The molecule has 1 aliphatic heterocycles. The smallest absolute Gasteiger partial charge is 0.340 e. The molecule has 1 aromatic carbocycles. The van der Waals surface area contributed by atoms with Gasteiger partial charge in [0.05, 0.1) is 23.7 Å². The number of carbonyl (C=O) groups is 1. The summed E-state index contributed by atoms with van der Waals surface area (Å²) in [6.45, 7) is 0.863. The van der Waals surface area contributed by atoms with E-state index in [1.807, 2.05) is 0 Å². The van der Waals surface area contributed by atoms with Gasteiger partial charge in [0.2, 0.25) is 0 Å². The van der Waals surface area contributed by atoms with Crippen LogP contribution < -0.4 is 5.32 Å². The molecule has 1 saturated heterocycles. The minimum absolute atomic E-state index is 0.101. The molecule has 0 bridgehead atoms. The zero-order chi connectivity index (χ0) is 14.7. The number of anilines is 1. The number of carbonyl (C=O) groups excluding carboxylic acids is 1. The predicted octanol–water partition coefficient (Wildman–Crippen LogP) is 1.72. The molecule has 1 unspecified atom stereocenters. The van der Waals surface area contributed by atoms with Crippen LogP contribution in [0.2, 0.25) is 0 Å². The first-order chi connectivity index (χ1) is 9.54. The van der Waals surface area contributed by atoms with E-state index in [4.69, 9.17) is 4.74 Å². The highest BCUT2D eigenvalue weighted by Crippen LogP contribution is 2.30. The summed E-state index contributed by atoms with van der Waals surface area (Å²) in [7, 11) is 1.11. The highest BCUT2D eigenvalue weighted by molar-refractivity contribution is 5.92. The highest BCUT2D eigenvalue weighted by atomic mass is 19.1. The molecule has 0 radical (unpaired) electrons. The molecule has 0 aliphatic carbocycles. The van der Waals surface area contributed by atoms with E-state index in [0.29, 0.717) is 6.61 Å². The van der Waals surface area contributed by atoms with Gasteiger partial charge in [0.25, 0.3) is 5.69 Å². The van der Waals surface area contributed by atoms with E-state index in [1.54, 1.807) is 0 Å². The third kappa shape index (κ3) is 2.69. The van der Waals surface area contributed by atoms with E-state index in [0.717, 1.165) is 25.7 Å². The van der Waals surface area contributed by atoms with Gasteiger partial charge in [0, 0.05) is 19.2 Å². The van der Waals surface area contributed by atoms with Crippen molar-refractivity contribution < 1.29 is 23.6 Å². The van der Waals surface area contributed by atoms with Crippen LogP contribution in [0.3, 0.4) is 0 Å². The minimum Gasteiger partial charge on any atom is -0.465 e. The summed E-state index contributed by atoms with van der Waals surface area (Å²) in [5.74, 6) is -1.88. The van der Waals surface area contributed by atoms with Gasteiger partial charge < -0.3 is 14.8 Å². The van der Waals surface area contributed by atoms with Gasteiger partial charge in [-0.1, -0.05) is 0 Å². The second-order valence-corrected chi connectivity index (χ2v) is 4.23. The fraction of sp³-hybridized carbons (Fsp3) is 0.417. The van der Waals surface area contributed by atoms with E-state index in [-0.39, 0.29) is 23.9 Å². The average molecular weight is 284 g/mol. The zero-order valence-corrected chi connectivity index (χ0v) is 10.7. The highest BCUT2D eigenvalue weighted by Gasteiger charge is 2.26. The number of nitro groups is 1. The molecular formula is C12H13FN2O5. The Hall–Kier alpha value is -2.22. The van der Waals surface area contributed by atoms with Crippen molar-refractivity contribution in [1.29, 1.82) is 0 Å². The molecule has 1 heterocycles. The van der Waals surface area contributed by atoms with Gasteiger partial charge in [-0.3, -0.25) is 10.1 Å². The molecule has 7 nitrogen and oxygen atoms in total. The Morgan fingerprint density at radius 3 is 2.85 bits per heavy atom. The van der Waals surface area contributed by atoms with Gasteiger partial charge in [0.1, 0.15) is 0 Å². The normalized spacial score (nSPS) is 17.2. The maximum absolute atomic E-state index is 14.2. The fourth-order valence-corrected chi connectivity index (χ4v) is 1.82. The second-order valence-electron chi connectivity index (χ2n) is 4.23. The Kier molecular flexibility index (Phi) is 4.14. The Labute approximate surface area is 113 Å². The first kappa shape index (κ1) is 14.2. The molecule has 0 aromatic heterocycles. The van der Waals surface area contributed by atoms with Crippen molar-refractivity contribution in [1.82, 2.24) is 0 Å². The van der Waals surface area contributed by atoms with Crippen LogP contribution in [-0.4, -0.2) is 37.3 Å². The fourth-order valence-electron chi connectivity index (χ4n) is 1.82. The largest absolute Gasteiger partial charge is 0.465 e.